The fraction of sp³-hybridized carbons (Fsp3) is 0.0667. The highest BCUT2D eigenvalue weighted by Crippen LogP contribution is 2.30. The number of ether oxygens (including phenoxy) is 1. The summed E-state index contributed by atoms with van der Waals surface area (Å²) in [4.78, 5) is 0. The van der Waals surface area contributed by atoms with Crippen LogP contribution in [0.2, 0.25) is 0 Å². The lowest BCUT2D eigenvalue weighted by atomic mass is 10.2. The largest absolute Gasteiger partial charge is 0.488 e. The van der Waals surface area contributed by atoms with Crippen LogP contribution in [0.4, 0.5) is 6.01 Å². The van der Waals surface area contributed by atoms with Gasteiger partial charge in [0.1, 0.15) is 12.4 Å². The minimum absolute atomic E-state index is 0.0468. The number of hydrogen-bond acceptors (Lipinski definition) is 5. The third-order valence-corrected chi connectivity index (χ3v) is 3.48. The summed E-state index contributed by atoms with van der Waals surface area (Å²) in [6.45, 7) is 0.506. The number of benzene rings is 2. The van der Waals surface area contributed by atoms with E-state index in [1.165, 1.54) is 0 Å². The van der Waals surface area contributed by atoms with Crippen LogP contribution in [0.1, 0.15) is 5.56 Å². The molecule has 2 aromatic carbocycles. The molecule has 2 N–H and O–H groups in total. The SMILES string of the molecule is Nc1nnc(-c2ccc(OCc3ccccc3)c(Br)c2)o1. The van der Waals surface area contributed by atoms with E-state index in [4.69, 9.17) is 14.9 Å². The van der Waals surface area contributed by atoms with Crippen LogP contribution in [0, 0.1) is 0 Å². The number of nitrogens with zero attached hydrogens (tertiary/aromatic N) is 2. The van der Waals surface area contributed by atoms with E-state index in [-0.39, 0.29) is 6.01 Å². The van der Waals surface area contributed by atoms with Gasteiger partial charge in [-0.05, 0) is 39.7 Å². The maximum atomic E-state index is 5.78. The van der Waals surface area contributed by atoms with E-state index in [0.29, 0.717) is 12.5 Å². The van der Waals surface area contributed by atoms with E-state index in [1.807, 2.05) is 48.5 Å². The highest BCUT2D eigenvalue weighted by Gasteiger charge is 2.09. The Bertz CT molecular complexity index is 744. The summed E-state index contributed by atoms with van der Waals surface area (Å²) in [5.74, 6) is 1.12. The van der Waals surface area contributed by atoms with Crippen molar-refractivity contribution in [3.05, 3.63) is 58.6 Å². The Morgan fingerprint density at radius 1 is 1.10 bits per heavy atom. The van der Waals surface area contributed by atoms with Crippen LogP contribution in [-0.2, 0) is 6.61 Å². The van der Waals surface area contributed by atoms with Gasteiger partial charge in [0, 0.05) is 5.56 Å². The molecule has 0 amide bonds. The third-order valence-electron chi connectivity index (χ3n) is 2.86. The topological polar surface area (TPSA) is 74.2 Å². The van der Waals surface area contributed by atoms with Crippen LogP contribution in [0.25, 0.3) is 11.5 Å². The lowest BCUT2D eigenvalue weighted by molar-refractivity contribution is 0.304. The Labute approximate surface area is 129 Å². The summed E-state index contributed by atoms with van der Waals surface area (Å²) in [6.07, 6.45) is 0. The van der Waals surface area contributed by atoms with Crippen LogP contribution in [0.15, 0.2) is 57.4 Å². The molecule has 1 heterocycles. The van der Waals surface area contributed by atoms with Gasteiger partial charge in [-0.15, -0.1) is 5.10 Å². The van der Waals surface area contributed by atoms with Gasteiger partial charge in [-0.1, -0.05) is 35.4 Å². The standard InChI is InChI=1S/C15H12BrN3O2/c16-12-8-11(14-18-19-15(17)21-14)6-7-13(12)20-9-10-4-2-1-3-5-10/h1-8H,9H2,(H2,17,19). The van der Waals surface area contributed by atoms with Crippen LogP contribution in [-0.4, -0.2) is 10.2 Å². The molecule has 0 bridgehead atoms. The summed E-state index contributed by atoms with van der Waals surface area (Å²) in [5, 5.41) is 7.48. The highest BCUT2D eigenvalue weighted by molar-refractivity contribution is 9.10. The quantitative estimate of drug-likeness (QED) is 0.780. The molecular weight excluding hydrogens is 334 g/mol. The molecule has 3 aromatic rings. The Balaban J connectivity index is 1.75. The molecule has 0 unspecified atom stereocenters. The maximum Gasteiger partial charge on any atom is 0.313 e. The van der Waals surface area contributed by atoms with E-state index in [9.17, 15) is 0 Å². The molecule has 0 radical (unpaired) electrons. The van der Waals surface area contributed by atoms with E-state index >= 15 is 0 Å². The first-order valence-electron chi connectivity index (χ1n) is 6.28. The lowest BCUT2D eigenvalue weighted by Crippen LogP contribution is -1.95. The zero-order valence-corrected chi connectivity index (χ0v) is 12.6. The smallest absolute Gasteiger partial charge is 0.313 e. The average molecular weight is 346 g/mol. The Morgan fingerprint density at radius 2 is 1.90 bits per heavy atom. The molecule has 0 aliphatic carbocycles. The second-order valence-corrected chi connectivity index (χ2v) is 5.22. The number of halogens is 1. The van der Waals surface area contributed by atoms with E-state index < -0.39 is 0 Å². The van der Waals surface area contributed by atoms with Gasteiger partial charge < -0.3 is 14.9 Å². The monoisotopic (exact) mass is 345 g/mol. The third kappa shape index (κ3) is 3.22. The van der Waals surface area contributed by atoms with Crippen LogP contribution in [0.5, 0.6) is 5.75 Å². The van der Waals surface area contributed by atoms with Crippen molar-refractivity contribution in [1.29, 1.82) is 0 Å². The normalized spacial score (nSPS) is 10.5. The lowest BCUT2D eigenvalue weighted by Gasteiger charge is -2.08. The second kappa shape index (κ2) is 5.97. The number of nitrogens with two attached hydrogens (primary N) is 1. The summed E-state index contributed by atoms with van der Waals surface area (Å²) in [5.41, 5.74) is 7.30. The minimum Gasteiger partial charge on any atom is -0.488 e. The van der Waals surface area contributed by atoms with Gasteiger partial charge in [-0.3, -0.25) is 0 Å². The summed E-state index contributed by atoms with van der Waals surface area (Å²) < 4.78 is 11.8. The highest BCUT2D eigenvalue weighted by atomic mass is 79.9. The molecule has 0 saturated heterocycles. The number of hydrogen-bond donors (Lipinski definition) is 1. The Morgan fingerprint density at radius 3 is 2.57 bits per heavy atom. The number of anilines is 1. The predicted molar refractivity (Wildman–Crippen MR) is 82.6 cm³/mol. The molecule has 5 nitrogen and oxygen atoms in total. The number of nitrogen functional groups attached to an aromatic ring is 1. The van der Waals surface area contributed by atoms with Crippen molar-refractivity contribution in [1.82, 2.24) is 10.2 Å². The van der Waals surface area contributed by atoms with Gasteiger partial charge in [0.25, 0.3) is 0 Å². The summed E-state index contributed by atoms with van der Waals surface area (Å²) in [7, 11) is 0. The zero-order valence-electron chi connectivity index (χ0n) is 11.0. The average Bonchev–Trinajstić information content (AvgIpc) is 2.93. The molecule has 0 spiro atoms. The van der Waals surface area contributed by atoms with Crippen LogP contribution < -0.4 is 10.5 Å². The molecule has 0 aliphatic heterocycles. The molecule has 6 heteroatoms. The molecule has 1 aromatic heterocycles. The maximum absolute atomic E-state index is 5.78. The molecule has 0 fully saturated rings. The molecule has 0 saturated carbocycles. The van der Waals surface area contributed by atoms with Crippen molar-refractivity contribution in [3.8, 4) is 17.2 Å². The molecule has 0 atom stereocenters. The van der Waals surface area contributed by atoms with Gasteiger partial charge in [0.15, 0.2) is 0 Å². The summed E-state index contributed by atoms with van der Waals surface area (Å²) >= 11 is 3.48. The minimum atomic E-state index is 0.0468. The number of aromatic nitrogens is 2. The Kier molecular flexibility index (Phi) is 3.87. The first-order chi connectivity index (χ1) is 10.2. The van der Waals surface area contributed by atoms with Crippen molar-refractivity contribution >= 4 is 21.9 Å². The van der Waals surface area contributed by atoms with Crippen molar-refractivity contribution in [2.45, 2.75) is 6.61 Å². The second-order valence-electron chi connectivity index (χ2n) is 4.36. The van der Waals surface area contributed by atoms with Crippen molar-refractivity contribution in [2.24, 2.45) is 0 Å². The first-order valence-corrected chi connectivity index (χ1v) is 7.07. The number of rotatable bonds is 4. The van der Waals surface area contributed by atoms with Gasteiger partial charge in [0.05, 0.1) is 4.47 Å². The van der Waals surface area contributed by atoms with E-state index in [2.05, 4.69) is 26.1 Å². The van der Waals surface area contributed by atoms with Crippen LogP contribution >= 0.6 is 15.9 Å². The molecule has 0 aliphatic rings. The summed E-state index contributed by atoms with van der Waals surface area (Å²) in [6, 6.07) is 15.6. The molecular formula is C15H12BrN3O2. The van der Waals surface area contributed by atoms with E-state index in [0.717, 1.165) is 21.3 Å². The van der Waals surface area contributed by atoms with Gasteiger partial charge >= 0.3 is 6.01 Å². The predicted octanol–water partition coefficient (Wildman–Crippen LogP) is 3.66. The van der Waals surface area contributed by atoms with Gasteiger partial charge in [-0.25, -0.2) is 0 Å². The fourth-order valence-electron chi connectivity index (χ4n) is 1.84. The van der Waals surface area contributed by atoms with Crippen molar-refractivity contribution < 1.29 is 9.15 Å². The van der Waals surface area contributed by atoms with Gasteiger partial charge in [-0.2, -0.15) is 0 Å². The molecule has 3 rings (SSSR count). The van der Waals surface area contributed by atoms with Gasteiger partial charge in [0.2, 0.25) is 5.89 Å². The fourth-order valence-corrected chi connectivity index (χ4v) is 2.33. The molecule has 106 valence electrons. The van der Waals surface area contributed by atoms with Crippen molar-refractivity contribution in [3.63, 3.8) is 0 Å². The van der Waals surface area contributed by atoms with Crippen molar-refractivity contribution in [2.75, 3.05) is 5.73 Å². The zero-order chi connectivity index (χ0) is 14.7. The first kappa shape index (κ1) is 13.6. The van der Waals surface area contributed by atoms with E-state index in [1.54, 1.807) is 0 Å². The van der Waals surface area contributed by atoms with Crippen LogP contribution in [0.3, 0.4) is 0 Å². The molecule has 21 heavy (non-hydrogen) atoms. The Hall–Kier alpha value is -2.34.